The molecule has 0 radical (unpaired) electrons. The van der Waals surface area contributed by atoms with E-state index >= 15 is 0 Å². The quantitative estimate of drug-likeness (QED) is 0.370. The van der Waals surface area contributed by atoms with E-state index in [1.165, 1.54) is 62.5 Å². The fourth-order valence-electron chi connectivity index (χ4n) is 5.12. The third kappa shape index (κ3) is 5.79. The van der Waals surface area contributed by atoms with Crippen LogP contribution in [0.3, 0.4) is 0 Å². The lowest BCUT2D eigenvalue weighted by Crippen LogP contribution is -2.42. The summed E-state index contributed by atoms with van der Waals surface area (Å²) in [5.74, 6) is 0. The zero-order chi connectivity index (χ0) is 22.5. The molecule has 1 aromatic carbocycles. The van der Waals surface area contributed by atoms with Crippen molar-refractivity contribution in [2.75, 3.05) is 31.5 Å². The summed E-state index contributed by atoms with van der Waals surface area (Å²) in [5, 5.41) is 4.24. The van der Waals surface area contributed by atoms with Gasteiger partial charge in [-0.2, -0.15) is 0 Å². The number of anilines is 1. The first kappa shape index (κ1) is 24.9. The highest BCUT2D eigenvalue weighted by molar-refractivity contribution is 7.81. The molecule has 0 spiro atoms. The largest absolute Gasteiger partial charge is 0.331 e. The minimum absolute atomic E-state index is 0.0507. The highest BCUT2D eigenvalue weighted by atomic mass is 32.1. The molecule has 2 heterocycles. The molecule has 31 heavy (non-hydrogen) atoms. The summed E-state index contributed by atoms with van der Waals surface area (Å²) >= 11 is 5.96. The average Bonchev–Trinajstić information content (AvgIpc) is 3.14. The molecule has 1 aromatic rings. The van der Waals surface area contributed by atoms with Gasteiger partial charge in [-0.05, 0) is 68.9 Å². The Labute approximate surface area is 196 Å². The van der Waals surface area contributed by atoms with Gasteiger partial charge in [0.25, 0.3) is 0 Å². The van der Waals surface area contributed by atoms with Gasteiger partial charge in [-0.25, -0.2) is 4.74 Å². The van der Waals surface area contributed by atoms with Crippen LogP contribution in [0.1, 0.15) is 83.3 Å². The SMILES string of the molecule is Cc1cccc(NC(=S)N=P(N2CCCCCC2)(N2CCCCCC2)C(C)(C)C)c1C. The van der Waals surface area contributed by atoms with Crippen LogP contribution >= 0.6 is 19.6 Å². The Morgan fingerprint density at radius 1 is 0.871 bits per heavy atom. The van der Waals surface area contributed by atoms with Gasteiger partial charge in [0.2, 0.25) is 0 Å². The van der Waals surface area contributed by atoms with Crippen LogP contribution in [0.5, 0.6) is 0 Å². The highest BCUT2D eigenvalue weighted by Crippen LogP contribution is 2.66. The lowest BCUT2D eigenvalue weighted by atomic mass is 10.1. The maximum Gasteiger partial charge on any atom is 0.198 e. The molecular formula is C25H43N4PS. The Hall–Kier alpha value is -0.740. The predicted molar refractivity (Wildman–Crippen MR) is 141 cm³/mol. The van der Waals surface area contributed by atoms with Gasteiger partial charge in [-0.1, -0.05) is 58.6 Å². The standard InChI is InChI=1S/C25H43N4PS/c1-21-15-14-16-23(22(21)2)26-24(31)27-30(25(3,4)5,28-17-10-6-7-11-18-28)29-19-12-8-9-13-20-29/h14-16H,6-13,17-20H2,1-5H3,(H,26,31). The predicted octanol–water partition coefficient (Wildman–Crippen LogP) is 7.58. The lowest BCUT2D eigenvalue weighted by Gasteiger charge is -2.50. The zero-order valence-electron chi connectivity index (χ0n) is 20.4. The first-order chi connectivity index (χ1) is 14.8. The first-order valence-corrected chi connectivity index (χ1v) is 14.3. The van der Waals surface area contributed by atoms with Crippen LogP contribution < -0.4 is 5.32 Å². The van der Waals surface area contributed by atoms with E-state index in [1.807, 2.05) is 0 Å². The molecule has 2 saturated heterocycles. The fraction of sp³-hybridized carbons (Fsp3) is 0.720. The second-order valence-electron chi connectivity index (χ2n) is 10.3. The van der Waals surface area contributed by atoms with Crippen molar-refractivity contribution in [3.63, 3.8) is 0 Å². The lowest BCUT2D eigenvalue weighted by molar-refractivity contribution is 0.368. The third-order valence-electron chi connectivity index (χ3n) is 6.93. The van der Waals surface area contributed by atoms with Crippen LogP contribution in [0.4, 0.5) is 5.69 Å². The van der Waals surface area contributed by atoms with Crippen LogP contribution in [0.2, 0.25) is 0 Å². The molecule has 0 amide bonds. The van der Waals surface area contributed by atoms with Crippen LogP contribution in [0.15, 0.2) is 22.9 Å². The van der Waals surface area contributed by atoms with Crippen molar-refractivity contribution >= 4 is 30.4 Å². The molecule has 0 unspecified atom stereocenters. The topological polar surface area (TPSA) is 30.9 Å². The van der Waals surface area contributed by atoms with Crippen LogP contribution in [0.25, 0.3) is 0 Å². The van der Waals surface area contributed by atoms with Gasteiger partial charge in [0.05, 0.1) is 0 Å². The van der Waals surface area contributed by atoms with Crippen molar-refractivity contribution in [3.05, 3.63) is 29.3 Å². The van der Waals surface area contributed by atoms with E-state index in [9.17, 15) is 0 Å². The molecule has 0 atom stereocenters. The summed E-state index contributed by atoms with van der Waals surface area (Å²) in [7, 11) is -2.02. The second kappa shape index (κ2) is 10.9. The van der Waals surface area contributed by atoms with E-state index in [0.29, 0.717) is 5.11 Å². The molecule has 0 bridgehead atoms. The highest BCUT2D eigenvalue weighted by Gasteiger charge is 2.44. The molecule has 1 N–H and O–H groups in total. The fourth-order valence-corrected chi connectivity index (χ4v) is 10.2. The monoisotopic (exact) mass is 462 g/mol. The van der Waals surface area contributed by atoms with Gasteiger partial charge in [0.15, 0.2) is 5.11 Å². The number of thiocarbonyl (C=S) groups is 1. The Bertz CT molecular complexity index is 774. The third-order valence-corrected chi connectivity index (χ3v) is 11.9. The van der Waals surface area contributed by atoms with E-state index in [-0.39, 0.29) is 5.16 Å². The number of hydrogen-bond acceptors (Lipinski definition) is 1. The normalized spacial score (nSPS) is 20.0. The first-order valence-electron chi connectivity index (χ1n) is 12.3. The molecule has 0 aromatic heterocycles. The Morgan fingerprint density at radius 2 is 1.35 bits per heavy atom. The van der Waals surface area contributed by atoms with Crippen molar-refractivity contribution in [1.29, 1.82) is 0 Å². The summed E-state index contributed by atoms with van der Waals surface area (Å²) in [4.78, 5) is 0. The van der Waals surface area contributed by atoms with Gasteiger partial charge >= 0.3 is 0 Å². The number of benzene rings is 1. The van der Waals surface area contributed by atoms with E-state index < -0.39 is 7.36 Å². The van der Waals surface area contributed by atoms with Gasteiger partial charge in [0.1, 0.15) is 7.36 Å². The van der Waals surface area contributed by atoms with E-state index in [2.05, 4.69) is 67.5 Å². The van der Waals surface area contributed by atoms with Crippen LogP contribution in [-0.2, 0) is 0 Å². The van der Waals surface area contributed by atoms with Gasteiger partial charge in [-0.15, -0.1) is 0 Å². The van der Waals surface area contributed by atoms with E-state index in [0.717, 1.165) is 31.9 Å². The summed E-state index contributed by atoms with van der Waals surface area (Å²) in [6.45, 7) is 16.1. The number of aryl methyl sites for hydroxylation is 1. The maximum atomic E-state index is 5.96. The number of nitrogens with one attached hydrogen (secondary N) is 1. The molecule has 3 rings (SSSR count). The van der Waals surface area contributed by atoms with Gasteiger partial charge in [0, 0.05) is 37.0 Å². The van der Waals surface area contributed by atoms with Gasteiger partial charge in [-0.3, -0.25) is 9.34 Å². The van der Waals surface area contributed by atoms with Crippen molar-refractivity contribution < 1.29 is 0 Å². The van der Waals surface area contributed by atoms with Crippen LogP contribution in [-0.4, -0.2) is 45.8 Å². The Kier molecular flexibility index (Phi) is 8.77. The average molecular weight is 463 g/mol. The molecule has 2 aliphatic rings. The number of hydrogen-bond donors (Lipinski definition) is 1. The molecule has 0 saturated carbocycles. The molecule has 2 aliphatic heterocycles. The minimum Gasteiger partial charge on any atom is -0.331 e. The zero-order valence-corrected chi connectivity index (χ0v) is 22.1. The molecular weight excluding hydrogens is 419 g/mol. The van der Waals surface area contributed by atoms with Gasteiger partial charge < -0.3 is 5.32 Å². The molecule has 2 fully saturated rings. The maximum absolute atomic E-state index is 5.96. The van der Waals surface area contributed by atoms with Crippen molar-refractivity contribution in [3.8, 4) is 0 Å². The number of nitrogens with zero attached hydrogens (tertiary/aromatic N) is 3. The summed E-state index contributed by atoms with van der Waals surface area (Å²) in [6.07, 6.45) is 10.5. The Balaban J connectivity index is 2.07. The van der Waals surface area contributed by atoms with Crippen molar-refractivity contribution in [2.24, 2.45) is 4.74 Å². The Morgan fingerprint density at radius 3 is 1.81 bits per heavy atom. The smallest absolute Gasteiger partial charge is 0.198 e. The summed E-state index contributed by atoms with van der Waals surface area (Å²) < 4.78 is 11.1. The van der Waals surface area contributed by atoms with E-state index in [4.69, 9.17) is 17.0 Å². The van der Waals surface area contributed by atoms with Crippen LogP contribution in [0, 0.1) is 13.8 Å². The van der Waals surface area contributed by atoms with Crippen molar-refractivity contribution in [2.45, 2.75) is 91.1 Å². The molecule has 0 aliphatic carbocycles. The van der Waals surface area contributed by atoms with E-state index in [1.54, 1.807) is 0 Å². The molecule has 174 valence electrons. The molecule has 6 heteroatoms. The summed E-state index contributed by atoms with van der Waals surface area (Å²) in [5.41, 5.74) is 3.63. The van der Waals surface area contributed by atoms with Crippen molar-refractivity contribution in [1.82, 2.24) is 9.34 Å². The minimum atomic E-state index is -2.02. The second-order valence-corrected chi connectivity index (χ2v) is 14.4. The molecule has 4 nitrogen and oxygen atoms in total. The summed E-state index contributed by atoms with van der Waals surface area (Å²) in [6, 6.07) is 6.38. The number of rotatable bonds is 3.